The Hall–Kier alpha value is -0.350. The molecule has 0 atom stereocenters. The van der Waals surface area contributed by atoms with Crippen molar-refractivity contribution in [3.8, 4) is 0 Å². The van der Waals surface area contributed by atoms with Crippen molar-refractivity contribution in [2.75, 3.05) is 33.4 Å². The third kappa shape index (κ3) is 5.12. The van der Waals surface area contributed by atoms with Gasteiger partial charge in [0, 0.05) is 33.4 Å². The summed E-state index contributed by atoms with van der Waals surface area (Å²) in [5.41, 5.74) is 0. The van der Waals surface area contributed by atoms with Crippen LogP contribution in [0.25, 0.3) is 0 Å². The largest absolute Gasteiger partial charge is 0.382 e. The summed E-state index contributed by atoms with van der Waals surface area (Å²) in [6, 6.07) is 0. The fourth-order valence-corrected chi connectivity index (χ4v) is 1.97. The van der Waals surface area contributed by atoms with E-state index in [1.54, 1.807) is 0 Å². The molecule has 0 aromatic rings. The minimum atomic E-state index is 0.798. The average molecular weight is 244 g/mol. The SMILES string of the molecule is CCOCCCNC(=S)N(C)CC1CCC1. The molecule has 0 aromatic carbocycles. The molecule has 0 aromatic heterocycles. The van der Waals surface area contributed by atoms with Crippen LogP contribution >= 0.6 is 12.2 Å². The van der Waals surface area contributed by atoms with Crippen LogP contribution in [0, 0.1) is 5.92 Å². The number of nitrogens with one attached hydrogen (secondary N) is 1. The zero-order chi connectivity index (χ0) is 11.8. The quantitative estimate of drug-likeness (QED) is 0.547. The Morgan fingerprint density at radius 3 is 2.81 bits per heavy atom. The highest BCUT2D eigenvalue weighted by molar-refractivity contribution is 7.80. The zero-order valence-corrected chi connectivity index (χ0v) is 11.3. The monoisotopic (exact) mass is 244 g/mol. The summed E-state index contributed by atoms with van der Waals surface area (Å²) in [6.07, 6.45) is 5.16. The summed E-state index contributed by atoms with van der Waals surface area (Å²) in [5, 5.41) is 4.15. The molecule has 1 N–H and O–H groups in total. The third-order valence-electron chi connectivity index (χ3n) is 3.05. The maximum Gasteiger partial charge on any atom is 0.168 e. The lowest BCUT2D eigenvalue weighted by Crippen LogP contribution is -2.41. The Morgan fingerprint density at radius 1 is 1.50 bits per heavy atom. The van der Waals surface area contributed by atoms with E-state index in [1.165, 1.54) is 19.3 Å². The molecule has 16 heavy (non-hydrogen) atoms. The molecule has 1 aliphatic carbocycles. The van der Waals surface area contributed by atoms with Crippen LogP contribution in [-0.4, -0.2) is 43.4 Å². The van der Waals surface area contributed by atoms with Gasteiger partial charge in [-0.3, -0.25) is 0 Å². The number of thiocarbonyl (C=S) groups is 1. The van der Waals surface area contributed by atoms with Gasteiger partial charge >= 0.3 is 0 Å². The van der Waals surface area contributed by atoms with Gasteiger partial charge in [0.25, 0.3) is 0 Å². The highest BCUT2D eigenvalue weighted by atomic mass is 32.1. The normalized spacial score (nSPS) is 15.6. The second-order valence-electron chi connectivity index (χ2n) is 4.46. The Kier molecular flexibility index (Phi) is 6.73. The van der Waals surface area contributed by atoms with E-state index >= 15 is 0 Å². The van der Waals surface area contributed by atoms with E-state index in [1.807, 2.05) is 6.92 Å². The molecule has 94 valence electrons. The average Bonchev–Trinajstić information content (AvgIpc) is 2.22. The van der Waals surface area contributed by atoms with Crippen molar-refractivity contribution in [3.63, 3.8) is 0 Å². The number of ether oxygens (including phenoxy) is 1. The molecule has 0 spiro atoms. The van der Waals surface area contributed by atoms with E-state index in [4.69, 9.17) is 17.0 Å². The van der Waals surface area contributed by atoms with Gasteiger partial charge < -0.3 is 15.0 Å². The van der Waals surface area contributed by atoms with Crippen molar-refractivity contribution in [2.45, 2.75) is 32.6 Å². The van der Waals surface area contributed by atoms with Gasteiger partial charge in [0.1, 0.15) is 0 Å². The molecule has 0 radical (unpaired) electrons. The molecule has 0 heterocycles. The van der Waals surface area contributed by atoms with E-state index in [2.05, 4.69) is 17.3 Å². The number of hydrogen-bond donors (Lipinski definition) is 1. The van der Waals surface area contributed by atoms with Crippen molar-refractivity contribution >= 4 is 17.3 Å². The van der Waals surface area contributed by atoms with E-state index in [9.17, 15) is 0 Å². The van der Waals surface area contributed by atoms with E-state index < -0.39 is 0 Å². The first-order chi connectivity index (χ1) is 7.74. The van der Waals surface area contributed by atoms with Crippen LogP contribution in [-0.2, 0) is 4.74 Å². The predicted molar refractivity (Wildman–Crippen MR) is 71.7 cm³/mol. The lowest BCUT2D eigenvalue weighted by Gasteiger charge is -2.31. The summed E-state index contributed by atoms with van der Waals surface area (Å²) in [5.74, 6) is 0.869. The topological polar surface area (TPSA) is 24.5 Å². The lowest BCUT2D eigenvalue weighted by molar-refractivity contribution is 0.145. The predicted octanol–water partition coefficient (Wildman–Crippen LogP) is 2.02. The molecule has 1 aliphatic rings. The van der Waals surface area contributed by atoms with E-state index in [-0.39, 0.29) is 0 Å². The second kappa shape index (κ2) is 7.85. The Labute approximate surface area is 105 Å². The highest BCUT2D eigenvalue weighted by Crippen LogP contribution is 2.26. The summed E-state index contributed by atoms with van der Waals surface area (Å²) in [6.45, 7) is 5.65. The molecule has 1 fully saturated rings. The Bertz CT molecular complexity index is 207. The van der Waals surface area contributed by atoms with Crippen molar-refractivity contribution in [1.29, 1.82) is 0 Å². The van der Waals surface area contributed by atoms with Crippen LogP contribution in [0.1, 0.15) is 32.6 Å². The fourth-order valence-electron chi connectivity index (χ4n) is 1.79. The summed E-state index contributed by atoms with van der Waals surface area (Å²) in [7, 11) is 2.08. The zero-order valence-electron chi connectivity index (χ0n) is 10.5. The minimum absolute atomic E-state index is 0.798. The molecule has 0 bridgehead atoms. The van der Waals surface area contributed by atoms with Gasteiger partial charge in [0.15, 0.2) is 5.11 Å². The van der Waals surface area contributed by atoms with Crippen LogP contribution in [0.5, 0.6) is 0 Å². The summed E-state index contributed by atoms with van der Waals surface area (Å²) in [4.78, 5) is 2.17. The molecular weight excluding hydrogens is 220 g/mol. The minimum Gasteiger partial charge on any atom is -0.382 e. The maximum absolute atomic E-state index is 5.32. The molecule has 0 saturated heterocycles. The molecule has 1 saturated carbocycles. The van der Waals surface area contributed by atoms with E-state index in [0.717, 1.165) is 43.8 Å². The molecule has 0 aliphatic heterocycles. The van der Waals surface area contributed by atoms with Crippen molar-refractivity contribution < 1.29 is 4.74 Å². The van der Waals surface area contributed by atoms with Gasteiger partial charge in [0.2, 0.25) is 0 Å². The van der Waals surface area contributed by atoms with Crippen molar-refractivity contribution in [3.05, 3.63) is 0 Å². The summed E-state index contributed by atoms with van der Waals surface area (Å²) >= 11 is 5.32. The van der Waals surface area contributed by atoms with Crippen LogP contribution in [0.4, 0.5) is 0 Å². The van der Waals surface area contributed by atoms with Gasteiger partial charge in [0.05, 0.1) is 0 Å². The van der Waals surface area contributed by atoms with Gasteiger partial charge in [-0.25, -0.2) is 0 Å². The first-order valence-corrected chi connectivity index (χ1v) is 6.71. The molecular formula is C12H24N2OS. The number of rotatable bonds is 7. The number of nitrogens with zero attached hydrogens (tertiary/aromatic N) is 1. The van der Waals surface area contributed by atoms with Crippen molar-refractivity contribution in [1.82, 2.24) is 10.2 Å². The van der Waals surface area contributed by atoms with Gasteiger partial charge in [-0.05, 0) is 44.3 Å². The molecule has 0 amide bonds. The first-order valence-electron chi connectivity index (χ1n) is 6.30. The molecule has 1 rings (SSSR count). The maximum atomic E-state index is 5.32. The van der Waals surface area contributed by atoms with Gasteiger partial charge in [-0.2, -0.15) is 0 Å². The van der Waals surface area contributed by atoms with Gasteiger partial charge in [-0.1, -0.05) is 6.42 Å². The Morgan fingerprint density at radius 2 is 2.25 bits per heavy atom. The number of hydrogen-bond acceptors (Lipinski definition) is 2. The highest BCUT2D eigenvalue weighted by Gasteiger charge is 2.19. The van der Waals surface area contributed by atoms with Crippen LogP contribution in [0.2, 0.25) is 0 Å². The van der Waals surface area contributed by atoms with Gasteiger partial charge in [-0.15, -0.1) is 0 Å². The molecule has 0 unspecified atom stereocenters. The first kappa shape index (κ1) is 13.7. The standard InChI is InChI=1S/C12H24N2OS/c1-3-15-9-5-8-13-12(16)14(2)10-11-6-4-7-11/h11H,3-10H2,1-2H3,(H,13,16). The second-order valence-corrected chi connectivity index (χ2v) is 4.85. The fraction of sp³-hybridized carbons (Fsp3) is 0.917. The van der Waals surface area contributed by atoms with E-state index in [0.29, 0.717) is 0 Å². The van der Waals surface area contributed by atoms with Crippen LogP contribution in [0.3, 0.4) is 0 Å². The molecule has 4 heteroatoms. The molecule has 3 nitrogen and oxygen atoms in total. The van der Waals surface area contributed by atoms with Crippen molar-refractivity contribution in [2.24, 2.45) is 5.92 Å². The van der Waals surface area contributed by atoms with Crippen LogP contribution in [0.15, 0.2) is 0 Å². The van der Waals surface area contributed by atoms with Crippen LogP contribution < -0.4 is 5.32 Å². The summed E-state index contributed by atoms with van der Waals surface area (Å²) < 4.78 is 5.27. The lowest BCUT2D eigenvalue weighted by atomic mass is 9.85. The Balaban J connectivity index is 1.99. The third-order valence-corrected chi connectivity index (χ3v) is 3.51. The smallest absolute Gasteiger partial charge is 0.168 e.